The summed E-state index contributed by atoms with van der Waals surface area (Å²) in [6.07, 6.45) is 6.46. The van der Waals surface area contributed by atoms with Crippen LogP contribution in [0.2, 0.25) is 5.02 Å². The lowest BCUT2D eigenvalue weighted by Gasteiger charge is -2.32. The second kappa shape index (κ2) is 8.68. The molecule has 0 amide bonds. The highest BCUT2D eigenvalue weighted by Gasteiger charge is 2.34. The van der Waals surface area contributed by atoms with Gasteiger partial charge in [0.2, 0.25) is 0 Å². The number of nitrogens with one attached hydrogen (secondary N) is 2. The Morgan fingerprint density at radius 2 is 1.85 bits per heavy atom. The number of aryl methyl sites for hydroxylation is 1. The van der Waals surface area contributed by atoms with Crippen LogP contribution in [-0.4, -0.2) is 10.7 Å². The molecular formula is C20H21BrClFN2S. The summed E-state index contributed by atoms with van der Waals surface area (Å²) >= 11 is 14.7. The number of thiocarbonyl (C=S) groups is 1. The molecule has 6 heteroatoms. The van der Waals surface area contributed by atoms with Crippen molar-refractivity contribution in [2.75, 3.05) is 5.32 Å². The van der Waals surface area contributed by atoms with Crippen molar-refractivity contribution in [3.63, 3.8) is 0 Å². The molecular weight excluding hydrogens is 435 g/mol. The molecule has 2 N–H and O–H groups in total. The lowest BCUT2D eigenvalue weighted by atomic mass is 9.89. The third-order valence-corrected chi connectivity index (χ3v) is 5.87. The number of rotatable bonds is 5. The van der Waals surface area contributed by atoms with E-state index in [0.717, 1.165) is 30.7 Å². The lowest BCUT2D eigenvalue weighted by molar-refractivity contribution is 0.362. The summed E-state index contributed by atoms with van der Waals surface area (Å²) < 4.78 is 14.7. The summed E-state index contributed by atoms with van der Waals surface area (Å²) in [5.41, 5.74) is 1.62. The summed E-state index contributed by atoms with van der Waals surface area (Å²) in [7, 11) is 0. The maximum absolute atomic E-state index is 14.0. The molecule has 2 aromatic carbocycles. The molecule has 2 aromatic rings. The first-order chi connectivity index (χ1) is 12.5. The quantitative estimate of drug-likeness (QED) is 0.505. The van der Waals surface area contributed by atoms with E-state index >= 15 is 0 Å². The summed E-state index contributed by atoms with van der Waals surface area (Å²) in [4.78, 5) is 0. The van der Waals surface area contributed by atoms with Crippen molar-refractivity contribution in [1.82, 2.24) is 5.32 Å². The molecule has 0 unspecified atom stereocenters. The van der Waals surface area contributed by atoms with Gasteiger partial charge in [0, 0.05) is 15.0 Å². The fourth-order valence-corrected chi connectivity index (χ4v) is 4.29. The number of hydrogen-bond acceptors (Lipinski definition) is 1. The van der Waals surface area contributed by atoms with Crippen LogP contribution in [0.4, 0.5) is 10.1 Å². The predicted octanol–water partition coefficient (Wildman–Crippen LogP) is 6.47. The van der Waals surface area contributed by atoms with Gasteiger partial charge in [-0.25, -0.2) is 4.39 Å². The van der Waals surface area contributed by atoms with Gasteiger partial charge in [0.1, 0.15) is 5.82 Å². The minimum absolute atomic E-state index is 0.0322. The predicted molar refractivity (Wildman–Crippen MR) is 114 cm³/mol. The van der Waals surface area contributed by atoms with Gasteiger partial charge >= 0.3 is 0 Å². The van der Waals surface area contributed by atoms with Crippen LogP contribution in [0, 0.1) is 5.82 Å². The number of anilines is 1. The van der Waals surface area contributed by atoms with Crippen LogP contribution in [0.5, 0.6) is 0 Å². The summed E-state index contributed by atoms with van der Waals surface area (Å²) in [6, 6.07) is 12.9. The largest absolute Gasteiger partial charge is 0.357 e. The van der Waals surface area contributed by atoms with Crippen molar-refractivity contribution in [1.29, 1.82) is 0 Å². The van der Waals surface area contributed by atoms with E-state index in [1.54, 1.807) is 12.1 Å². The van der Waals surface area contributed by atoms with Crippen LogP contribution in [0.25, 0.3) is 0 Å². The zero-order valence-corrected chi connectivity index (χ0v) is 17.5. The van der Waals surface area contributed by atoms with E-state index in [0.29, 0.717) is 15.3 Å². The summed E-state index contributed by atoms with van der Waals surface area (Å²) in [6.45, 7) is 0. The maximum atomic E-state index is 14.0. The minimum atomic E-state index is -0.329. The average molecular weight is 456 g/mol. The second-order valence-electron chi connectivity index (χ2n) is 6.82. The molecule has 1 fully saturated rings. The molecule has 2 nitrogen and oxygen atoms in total. The Bertz CT molecular complexity index is 776. The smallest absolute Gasteiger partial charge is 0.171 e. The van der Waals surface area contributed by atoms with Crippen molar-refractivity contribution in [2.24, 2.45) is 0 Å². The molecule has 0 aliphatic heterocycles. The Labute approximate surface area is 172 Å². The van der Waals surface area contributed by atoms with Crippen molar-refractivity contribution in [3.8, 4) is 0 Å². The highest BCUT2D eigenvalue weighted by atomic mass is 79.9. The van der Waals surface area contributed by atoms with Gasteiger partial charge in [-0.3, -0.25) is 0 Å². The van der Waals surface area contributed by atoms with Crippen LogP contribution < -0.4 is 10.6 Å². The highest BCUT2D eigenvalue weighted by molar-refractivity contribution is 9.10. The van der Waals surface area contributed by atoms with Crippen molar-refractivity contribution in [2.45, 2.75) is 44.1 Å². The third kappa shape index (κ3) is 5.18. The zero-order valence-electron chi connectivity index (χ0n) is 14.3. The Balaban J connectivity index is 1.63. The Kier molecular flexibility index (Phi) is 6.54. The first-order valence-corrected chi connectivity index (χ1v) is 10.3. The van der Waals surface area contributed by atoms with Crippen LogP contribution in [0.1, 0.15) is 37.7 Å². The molecule has 0 spiro atoms. The van der Waals surface area contributed by atoms with Crippen LogP contribution in [0.3, 0.4) is 0 Å². The molecule has 1 saturated carbocycles. The van der Waals surface area contributed by atoms with Gasteiger partial charge in [0.15, 0.2) is 5.11 Å². The molecule has 26 heavy (non-hydrogen) atoms. The van der Waals surface area contributed by atoms with Gasteiger partial charge in [-0.1, -0.05) is 52.5 Å². The third-order valence-electron chi connectivity index (χ3n) is 4.92. The molecule has 0 atom stereocenters. The standard InChI is InChI=1S/C20H21BrClFN2S/c21-15-5-8-18(17(23)13-15)24-19(26)25-20(10-1-2-11-20)12-9-14-3-6-16(22)7-4-14/h3-8,13H,1-2,9-12H2,(H2,24,25,26). The van der Waals surface area contributed by atoms with Gasteiger partial charge in [-0.05, 0) is 73.8 Å². The topological polar surface area (TPSA) is 24.1 Å². The van der Waals surface area contributed by atoms with E-state index in [1.807, 2.05) is 12.1 Å². The van der Waals surface area contributed by atoms with E-state index in [1.165, 1.54) is 24.5 Å². The second-order valence-corrected chi connectivity index (χ2v) is 8.58. The van der Waals surface area contributed by atoms with E-state index in [-0.39, 0.29) is 11.4 Å². The molecule has 0 radical (unpaired) electrons. The van der Waals surface area contributed by atoms with Crippen LogP contribution in [0.15, 0.2) is 46.9 Å². The number of halogens is 3. The summed E-state index contributed by atoms with van der Waals surface area (Å²) in [5, 5.41) is 7.71. The Morgan fingerprint density at radius 3 is 2.50 bits per heavy atom. The molecule has 3 rings (SSSR count). The molecule has 0 bridgehead atoms. The van der Waals surface area contributed by atoms with Crippen molar-refractivity contribution >= 4 is 50.5 Å². The van der Waals surface area contributed by atoms with E-state index in [9.17, 15) is 4.39 Å². The lowest BCUT2D eigenvalue weighted by Crippen LogP contribution is -2.48. The molecule has 1 aliphatic rings. The number of benzene rings is 2. The van der Waals surface area contributed by atoms with Gasteiger partial charge in [0.05, 0.1) is 5.69 Å². The first-order valence-electron chi connectivity index (χ1n) is 8.74. The van der Waals surface area contributed by atoms with E-state index < -0.39 is 0 Å². The van der Waals surface area contributed by atoms with E-state index in [2.05, 4.69) is 38.7 Å². The first kappa shape index (κ1) is 19.6. The monoisotopic (exact) mass is 454 g/mol. The Hall–Kier alpha value is -1.17. The maximum Gasteiger partial charge on any atom is 0.171 e. The fourth-order valence-electron chi connectivity index (χ4n) is 3.51. The van der Waals surface area contributed by atoms with Gasteiger partial charge in [-0.15, -0.1) is 0 Å². The average Bonchev–Trinajstić information content (AvgIpc) is 3.05. The van der Waals surface area contributed by atoms with E-state index in [4.69, 9.17) is 23.8 Å². The molecule has 1 aliphatic carbocycles. The normalized spacial score (nSPS) is 15.7. The van der Waals surface area contributed by atoms with Gasteiger partial charge in [-0.2, -0.15) is 0 Å². The summed E-state index contributed by atoms with van der Waals surface area (Å²) in [5.74, 6) is -0.329. The van der Waals surface area contributed by atoms with Crippen LogP contribution in [-0.2, 0) is 6.42 Å². The molecule has 0 saturated heterocycles. The zero-order chi connectivity index (χ0) is 18.6. The van der Waals surface area contributed by atoms with Crippen LogP contribution >= 0.6 is 39.7 Å². The molecule has 0 aromatic heterocycles. The number of hydrogen-bond donors (Lipinski definition) is 2. The SMILES string of the molecule is Fc1cc(Br)ccc1NC(=S)NC1(CCc2ccc(Cl)cc2)CCCC1. The minimum Gasteiger partial charge on any atom is -0.357 e. The fraction of sp³-hybridized carbons (Fsp3) is 0.350. The van der Waals surface area contributed by atoms with Crippen molar-refractivity contribution < 1.29 is 4.39 Å². The van der Waals surface area contributed by atoms with Crippen molar-refractivity contribution in [3.05, 3.63) is 63.3 Å². The highest BCUT2D eigenvalue weighted by Crippen LogP contribution is 2.34. The van der Waals surface area contributed by atoms with Gasteiger partial charge in [0.25, 0.3) is 0 Å². The van der Waals surface area contributed by atoms with Gasteiger partial charge < -0.3 is 10.6 Å². The Morgan fingerprint density at radius 1 is 1.15 bits per heavy atom. The molecule has 138 valence electrons. The molecule has 0 heterocycles.